The third kappa shape index (κ3) is 4.12. The van der Waals surface area contributed by atoms with Gasteiger partial charge in [0.15, 0.2) is 5.17 Å². The second kappa shape index (κ2) is 7.44. The topological polar surface area (TPSA) is 61.7 Å². The van der Waals surface area contributed by atoms with Gasteiger partial charge >= 0.3 is 0 Å². The van der Waals surface area contributed by atoms with E-state index < -0.39 is 0 Å². The van der Waals surface area contributed by atoms with Gasteiger partial charge in [-0.2, -0.15) is 0 Å². The molecule has 0 aliphatic carbocycles. The minimum absolute atomic E-state index is 0.163. The predicted molar refractivity (Wildman–Crippen MR) is 116 cm³/mol. The van der Waals surface area contributed by atoms with Crippen molar-refractivity contribution in [3.8, 4) is 5.75 Å². The summed E-state index contributed by atoms with van der Waals surface area (Å²) in [5, 5.41) is 13.2. The number of halogens is 2. The summed E-state index contributed by atoms with van der Waals surface area (Å²) in [5.74, 6) is 0.104. The zero-order valence-corrected chi connectivity index (χ0v) is 17.6. The van der Waals surface area contributed by atoms with E-state index in [0.717, 1.165) is 18.4 Å². The van der Waals surface area contributed by atoms with E-state index in [1.165, 1.54) is 17.3 Å². The van der Waals surface area contributed by atoms with Gasteiger partial charge in [0.25, 0.3) is 5.91 Å². The highest BCUT2D eigenvalue weighted by Gasteiger charge is 2.24. The molecule has 0 saturated carbocycles. The number of rotatable bonds is 2. The second-order valence-corrected chi connectivity index (χ2v) is 8.51. The summed E-state index contributed by atoms with van der Waals surface area (Å²) in [7, 11) is 0. The van der Waals surface area contributed by atoms with Gasteiger partial charge in [0, 0.05) is 0 Å². The first-order valence-electron chi connectivity index (χ1n) is 6.96. The van der Waals surface area contributed by atoms with Crippen molar-refractivity contribution >= 4 is 79.8 Å². The van der Waals surface area contributed by atoms with Crippen molar-refractivity contribution < 1.29 is 9.90 Å². The molecule has 2 N–H and O–H groups in total. The number of benzene rings is 2. The highest BCUT2D eigenvalue weighted by atomic mass is 127. The van der Waals surface area contributed by atoms with E-state index in [1.54, 1.807) is 6.08 Å². The van der Waals surface area contributed by atoms with Crippen LogP contribution in [-0.2, 0) is 4.79 Å². The molecule has 122 valence electrons. The molecule has 1 fully saturated rings. The number of phenols is 1. The van der Waals surface area contributed by atoms with Crippen LogP contribution < -0.4 is 5.32 Å². The Morgan fingerprint density at radius 3 is 2.42 bits per heavy atom. The Labute approximate surface area is 171 Å². The Balaban J connectivity index is 1.86. The van der Waals surface area contributed by atoms with Gasteiger partial charge in [-0.15, -0.1) is 0 Å². The number of hydrogen-bond acceptors (Lipinski definition) is 4. The fourth-order valence-corrected chi connectivity index (χ4v) is 4.70. The lowest BCUT2D eigenvalue weighted by atomic mass is 10.2. The Morgan fingerprint density at radius 1 is 1.17 bits per heavy atom. The molecule has 0 aromatic heterocycles. The molecular formula is C17H12I2N2O2S. The maximum atomic E-state index is 12.1. The monoisotopic (exact) mass is 562 g/mol. The summed E-state index contributed by atoms with van der Waals surface area (Å²) in [6.45, 7) is 2.02. The molecule has 1 aliphatic heterocycles. The van der Waals surface area contributed by atoms with Crippen molar-refractivity contribution in [3.63, 3.8) is 0 Å². The van der Waals surface area contributed by atoms with Crippen LogP contribution in [0.3, 0.4) is 0 Å². The molecule has 1 saturated heterocycles. The van der Waals surface area contributed by atoms with Crippen LogP contribution in [0.15, 0.2) is 46.3 Å². The van der Waals surface area contributed by atoms with Crippen molar-refractivity contribution in [1.82, 2.24) is 5.32 Å². The number of amides is 1. The number of phenolic OH excluding ortho intramolecular Hbond substituents is 1. The van der Waals surface area contributed by atoms with Crippen molar-refractivity contribution in [2.45, 2.75) is 6.92 Å². The first-order chi connectivity index (χ1) is 11.4. The first kappa shape index (κ1) is 17.7. The number of carbonyl (C=O) groups is 1. The standard InChI is InChI=1S/C17H12I2N2O2S/c1-9-2-4-11(5-3-9)20-17-21-16(23)14(24-17)8-10-6-12(18)15(22)13(19)7-10/h2-8,22H,1H3,(H,20,21,23)/b14-8+. The van der Waals surface area contributed by atoms with Crippen LogP contribution in [0.2, 0.25) is 0 Å². The van der Waals surface area contributed by atoms with E-state index in [4.69, 9.17) is 0 Å². The molecule has 1 amide bonds. The maximum Gasteiger partial charge on any atom is 0.264 e. The van der Waals surface area contributed by atoms with E-state index in [-0.39, 0.29) is 11.7 Å². The predicted octanol–water partition coefficient (Wildman–Crippen LogP) is 4.80. The van der Waals surface area contributed by atoms with E-state index in [2.05, 4.69) is 55.5 Å². The summed E-state index contributed by atoms with van der Waals surface area (Å²) in [6, 6.07) is 11.5. The fourth-order valence-electron chi connectivity index (χ4n) is 2.04. The summed E-state index contributed by atoms with van der Waals surface area (Å²) >= 11 is 5.46. The molecule has 2 aromatic carbocycles. The van der Waals surface area contributed by atoms with E-state index >= 15 is 0 Å². The highest BCUT2D eigenvalue weighted by molar-refractivity contribution is 14.1. The van der Waals surface area contributed by atoms with Crippen LogP contribution in [0, 0.1) is 14.1 Å². The summed E-state index contributed by atoms with van der Waals surface area (Å²) < 4.78 is 1.51. The number of carbonyl (C=O) groups excluding carboxylic acids is 1. The Kier molecular flexibility index (Phi) is 5.50. The van der Waals surface area contributed by atoms with E-state index in [0.29, 0.717) is 10.1 Å². The van der Waals surface area contributed by atoms with Gasteiger partial charge < -0.3 is 10.4 Å². The van der Waals surface area contributed by atoms with Crippen molar-refractivity contribution in [2.75, 3.05) is 0 Å². The molecule has 4 nitrogen and oxygen atoms in total. The molecule has 3 rings (SSSR count). The first-order valence-corrected chi connectivity index (χ1v) is 9.94. The molecule has 7 heteroatoms. The zero-order valence-electron chi connectivity index (χ0n) is 12.5. The fraction of sp³-hybridized carbons (Fsp3) is 0.0588. The van der Waals surface area contributed by atoms with Crippen LogP contribution >= 0.6 is 56.9 Å². The lowest BCUT2D eigenvalue weighted by molar-refractivity contribution is -0.115. The largest absolute Gasteiger partial charge is 0.506 e. The molecule has 0 radical (unpaired) electrons. The minimum atomic E-state index is -0.163. The molecular weight excluding hydrogens is 550 g/mol. The molecule has 0 bridgehead atoms. The number of thioether (sulfide) groups is 1. The van der Waals surface area contributed by atoms with Crippen molar-refractivity contribution in [3.05, 3.63) is 59.6 Å². The van der Waals surface area contributed by atoms with Crippen LogP contribution in [0.5, 0.6) is 5.75 Å². The van der Waals surface area contributed by atoms with Crippen LogP contribution in [0.25, 0.3) is 6.08 Å². The van der Waals surface area contributed by atoms with Gasteiger partial charge in [0.1, 0.15) is 5.75 Å². The smallest absolute Gasteiger partial charge is 0.264 e. The third-order valence-electron chi connectivity index (χ3n) is 3.25. The van der Waals surface area contributed by atoms with Gasteiger partial charge in [-0.3, -0.25) is 4.79 Å². The Morgan fingerprint density at radius 2 is 1.79 bits per heavy atom. The second-order valence-electron chi connectivity index (χ2n) is 5.15. The lowest BCUT2D eigenvalue weighted by Crippen LogP contribution is -2.19. The average Bonchev–Trinajstić information content (AvgIpc) is 2.87. The summed E-state index contributed by atoms with van der Waals surface area (Å²) in [6.07, 6.45) is 1.81. The highest BCUT2D eigenvalue weighted by Crippen LogP contribution is 2.31. The molecule has 1 aliphatic rings. The van der Waals surface area contributed by atoms with Crippen LogP contribution in [-0.4, -0.2) is 16.2 Å². The van der Waals surface area contributed by atoms with E-state index in [1.807, 2.05) is 43.3 Å². The molecule has 0 spiro atoms. The van der Waals surface area contributed by atoms with E-state index in [9.17, 15) is 9.90 Å². The van der Waals surface area contributed by atoms with Gasteiger partial charge in [-0.1, -0.05) is 17.7 Å². The van der Waals surface area contributed by atoms with Crippen molar-refractivity contribution in [1.29, 1.82) is 0 Å². The van der Waals surface area contributed by atoms with Gasteiger partial charge in [0.2, 0.25) is 0 Å². The molecule has 0 unspecified atom stereocenters. The molecule has 0 atom stereocenters. The number of hydrogen-bond donors (Lipinski definition) is 2. The number of aryl methyl sites for hydroxylation is 1. The minimum Gasteiger partial charge on any atom is -0.506 e. The summed E-state index contributed by atoms with van der Waals surface area (Å²) in [5.41, 5.74) is 2.84. The van der Waals surface area contributed by atoms with Crippen LogP contribution in [0.4, 0.5) is 5.69 Å². The molecule has 2 aromatic rings. The normalized spacial score (nSPS) is 17.5. The number of nitrogens with one attached hydrogen (secondary N) is 1. The Bertz CT molecular complexity index is 854. The number of aromatic hydroxyl groups is 1. The van der Waals surface area contributed by atoms with Gasteiger partial charge in [-0.25, -0.2) is 4.99 Å². The third-order valence-corrected chi connectivity index (χ3v) is 5.81. The van der Waals surface area contributed by atoms with Gasteiger partial charge in [0.05, 0.1) is 17.7 Å². The van der Waals surface area contributed by atoms with Crippen molar-refractivity contribution in [2.24, 2.45) is 4.99 Å². The SMILES string of the molecule is Cc1ccc(N=C2NC(=O)/C(=C\c3cc(I)c(O)c(I)c3)S2)cc1. The zero-order chi connectivity index (χ0) is 17.3. The maximum absolute atomic E-state index is 12.1. The number of aliphatic imine (C=N–C) groups is 1. The molecule has 24 heavy (non-hydrogen) atoms. The lowest BCUT2D eigenvalue weighted by Gasteiger charge is -2.02. The van der Waals surface area contributed by atoms with Crippen LogP contribution in [0.1, 0.15) is 11.1 Å². The average molecular weight is 562 g/mol. The quantitative estimate of drug-likeness (QED) is 0.409. The Hall–Kier alpha value is -1.07. The molecule has 1 heterocycles. The van der Waals surface area contributed by atoms with Gasteiger partial charge in [-0.05, 0) is 99.8 Å². The number of amidine groups is 1. The summed E-state index contributed by atoms with van der Waals surface area (Å²) in [4.78, 5) is 17.2. The number of nitrogens with zero attached hydrogens (tertiary/aromatic N) is 1.